The van der Waals surface area contributed by atoms with Crippen LogP contribution in [0, 0.1) is 0 Å². The summed E-state index contributed by atoms with van der Waals surface area (Å²) in [4.78, 5) is 10.9. The Morgan fingerprint density at radius 2 is 2.05 bits per heavy atom. The average Bonchev–Trinajstić information content (AvgIpc) is 3.09. The number of carbonyl (C=O) groups is 1. The lowest BCUT2D eigenvalue weighted by molar-refractivity contribution is -0.137. The fraction of sp³-hybridized carbons (Fsp3) is 0.462. The van der Waals surface area contributed by atoms with Crippen molar-refractivity contribution in [2.75, 3.05) is 10.8 Å². The highest BCUT2D eigenvalue weighted by Crippen LogP contribution is 2.39. The molecule has 1 aliphatic carbocycles. The number of carboxylic acid groups (broad SMARTS) is 1. The molecule has 7 heteroatoms. The molecule has 108 valence electrons. The van der Waals surface area contributed by atoms with Crippen molar-refractivity contribution in [3.63, 3.8) is 0 Å². The average molecular weight is 296 g/mol. The minimum absolute atomic E-state index is 0.0330. The van der Waals surface area contributed by atoms with Gasteiger partial charge in [-0.2, -0.15) is 13.1 Å². The SMILES string of the molecule is O=C(O)CC1CN(S(=O)(=O)NC2CC2)c2ccccc21. The van der Waals surface area contributed by atoms with Crippen LogP contribution >= 0.6 is 0 Å². The Balaban J connectivity index is 1.91. The first-order valence-corrected chi connectivity index (χ1v) is 8.02. The lowest BCUT2D eigenvalue weighted by Gasteiger charge is -2.20. The summed E-state index contributed by atoms with van der Waals surface area (Å²) in [5.41, 5.74) is 1.38. The van der Waals surface area contributed by atoms with Crippen LogP contribution in [0.1, 0.15) is 30.7 Å². The number of anilines is 1. The number of fused-ring (bicyclic) bond motifs is 1. The summed E-state index contributed by atoms with van der Waals surface area (Å²) in [6.07, 6.45) is 1.67. The minimum atomic E-state index is -3.59. The third kappa shape index (κ3) is 2.51. The van der Waals surface area contributed by atoms with Crippen LogP contribution in [0.15, 0.2) is 24.3 Å². The van der Waals surface area contributed by atoms with Crippen LogP contribution in [-0.2, 0) is 15.0 Å². The van der Waals surface area contributed by atoms with Crippen molar-refractivity contribution in [3.8, 4) is 0 Å². The molecule has 0 amide bonds. The molecule has 2 N–H and O–H groups in total. The van der Waals surface area contributed by atoms with Gasteiger partial charge in [-0.1, -0.05) is 18.2 Å². The fourth-order valence-corrected chi connectivity index (χ4v) is 4.13. The number of carboxylic acids is 1. The first-order chi connectivity index (χ1) is 9.47. The predicted octanol–water partition coefficient (Wildman–Crippen LogP) is 1.06. The number of benzene rings is 1. The number of hydrogen-bond donors (Lipinski definition) is 2. The summed E-state index contributed by atoms with van der Waals surface area (Å²) < 4.78 is 28.6. The number of hydrogen-bond acceptors (Lipinski definition) is 3. The van der Waals surface area contributed by atoms with Gasteiger partial charge < -0.3 is 5.11 Å². The second-order valence-electron chi connectivity index (χ2n) is 5.28. The van der Waals surface area contributed by atoms with Crippen LogP contribution in [0.2, 0.25) is 0 Å². The van der Waals surface area contributed by atoms with E-state index in [1.54, 1.807) is 24.3 Å². The van der Waals surface area contributed by atoms with E-state index in [9.17, 15) is 13.2 Å². The number of para-hydroxylation sites is 1. The van der Waals surface area contributed by atoms with Crippen LogP contribution < -0.4 is 9.03 Å². The van der Waals surface area contributed by atoms with Crippen LogP contribution in [0.3, 0.4) is 0 Å². The maximum absolute atomic E-state index is 12.3. The number of nitrogens with zero attached hydrogens (tertiary/aromatic N) is 1. The van der Waals surface area contributed by atoms with E-state index < -0.39 is 16.2 Å². The van der Waals surface area contributed by atoms with E-state index in [2.05, 4.69) is 4.72 Å². The Morgan fingerprint density at radius 1 is 1.35 bits per heavy atom. The smallest absolute Gasteiger partial charge is 0.304 e. The lowest BCUT2D eigenvalue weighted by Crippen LogP contribution is -2.41. The molecule has 0 spiro atoms. The molecule has 20 heavy (non-hydrogen) atoms. The molecule has 1 atom stereocenters. The molecule has 1 aromatic rings. The van der Waals surface area contributed by atoms with Gasteiger partial charge in [0, 0.05) is 18.5 Å². The van der Waals surface area contributed by atoms with E-state index in [-0.39, 0.29) is 24.9 Å². The van der Waals surface area contributed by atoms with Gasteiger partial charge in [-0.25, -0.2) is 0 Å². The maximum atomic E-state index is 12.3. The Labute approximate surface area is 117 Å². The van der Waals surface area contributed by atoms with Gasteiger partial charge in [0.15, 0.2) is 0 Å². The highest BCUT2D eigenvalue weighted by Gasteiger charge is 2.38. The van der Waals surface area contributed by atoms with Gasteiger partial charge in [0.1, 0.15) is 0 Å². The zero-order chi connectivity index (χ0) is 14.3. The number of rotatable bonds is 5. The van der Waals surface area contributed by atoms with Gasteiger partial charge in [-0.05, 0) is 24.5 Å². The highest BCUT2D eigenvalue weighted by molar-refractivity contribution is 7.90. The molecule has 0 radical (unpaired) electrons. The zero-order valence-corrected chi connectivity index (χ0v) is 11.6. The molecule has 1 saturated carbocycles. The Hall–Kier alpha value is -1.60. The Kier molecular flexibility index (Phi) is 3.18. The van der Waals surface area contributed by atoms with E-state index in [4.69, 9.17) is 5.11 Å². The topological polar surface area (TPSA) is 86.7 Å². The second-order valence-corrected chi connectivity index (χ2v) is 6.91. The van der Waals surface area contributed by atoms with Crippen molar-refractivity contribution in [1.29, 1.82) is 0 Å². The fourth-order valence-electron chi connectivity index (χ4n) is 2.55. The van der Waals surface area contributed by atoms with Crippen molar-refractivity contribution in [2.24, 2.45) is 0 Å². The lowest BCUT2D eigenvalue weighted by atomic mass is 9.98. The van der Waals surface area contributed by atoms with Gasteiger partial charge in [-0.3, -0.25) is 9.10 Å². The van der Waals surface area contributed by atoms with Gasteiger partial charge in [0.25, 0.3) is 0 Å². The molecule has 1 fully saturated rings. The molecule has 0 saturated heterocycles. The second kappa shape index (κ2) is 4.75. The monoisotopic (exact) mass is 296 g/mol. The van der Waals surface area contributed by atoms with Crippen molar-refractivity contribution in [3.05, 3.63) is 29.8 Å². The van der Waals surface area contributed by atoms with E-state index in [1.807, 2.05) is 0 Å². The molecule has 1 unspecified atom stereocenters. The molecule has 1 aliphatic heterocycles. The summed E-state index contributed by atoms with van der Waals surface area (Å²) in [5.74, 6) is -1.21. The van der Waals surface area contributed by atoms with Gasteiger partial charge in [0.05, 0.1) is 12.1 Å². The Morgan fingerprint density at radius 3 is 2.70 bits per heavy atom. The minimum Gasteiger partial charge on any atom is -0.481 e. The number of nitrogens with one attached hydrogen (secondary N) is 1. The van der Waals surface area contributed by atoms with Crippen LogP contribution in [-0.4, -0.2) is 32.1 Å². The van der Waals surface area contributed by atoms with Crippen LogP contribution in [0.4, 0.5) is 5.69 Å². The molecule has 0 aromatic heterocycles. The summed E-state index contributed by atoms with van der Waals surface area (Å²) >= 11 is 0. The van der Waals surface area contributed by atoms with Gasteiger partial charge in [0.2, 0.25) is 0 Å². The van der Waals surface area contributed by atoms with E-state index in [0.29, 0.717) is 5.69 Å². The van der Waals surface area contributed by atoms with Crippen molar-refractivity contribution >= 4 is 21.9 Å². The van der Waals surface area contributed by atoms with E-state index in [1.165, 1.54) is 4.31 Å². The molecule has 2 aliphatic rings. The quantitative estimate of drug-likeness (QED) is 0.850. The summed E-state index contributed by atoms with van der Waals surface area (Å²) in [6.45, 7) is 0.188. The molecule has 1 heterocycles. The standard InChI is InChI=1S/C13H16N2O4S/c16-13(17)7-9-8-15(12-4-2-1-3-11(9)12)20(18,19)14-10-5-6-10/h1-4,9-10,14H,5-8H2,(H,16,17). The highest BCUT2D eigenvalue weighted by atomic mass is 32.2. The van der Waals surface area contributed by atoms with E-state index in [0.717, 1.165) is 18.4 Å². The summed E-state index contributed by atoms with van der Waals surface area (Å²) in [7, 11) is -3.59. The molecule has 1 aromatic carbocycles. The normalized spacial score (nSPS) is 21.8. The molecule has 0 bridgehead atoms. The Bertz CT molecular complexity index is 640. The van der Waals surface area contributed by atoms with Gasteiger partial charge >= 0.3 is 16.2 Å². The largest absolute Gasteiger partial charge is 0.481 e. The van der Waals surface area contributed by atoms with Crippen LogP contribution in [0.5, 0.6) is 0 Å². The third-order valence-corrected chi connectivity index (χ3v) is 5.19. The number of aliphatic carboxylic acids is 1. The molecular weight excluding hydrogens is 280 g/mol. The van der Waals surface area contributed by atoms with Crippen molar-refractivity contribution < 1.29 is 18.3 Å². The predicted molar refractivity (Wildman–Crippen MR) is 73.9 cm³/mol. The summed E-state index contributed by atoms with van der Waals surface area (Å²) in [5, 5.41) is 8.96. The first kappa shape index (κ1) is 13.4. The molecule has 6 nitrogen and oxygen atoms in total. The maximum Gasteiger partial charge on any atom is 0.304 e. The van der Waals surface area contributed by atoms with Crippen LogP contribution in [0.25, 0.3) is 0 Å². The molecule has 3 rings (SSSR count). The zero-order valence-electron chi connectivity index (χ0n) is 10.8. The van der Waals surface area contributed by atoms with Gasteiger partial charge in [-0.15, -0.1) is 0 Å². The first-order valence-electron chi connectivity index (χ1n) is 6.58. The molecular formula is C13H16N2O4S. The third-order valence-electron chi connectivity index (χ3n) is 3.64. The van der Waals surface area contributed by atoms with Crippen molar-refractivity contribution in [2.45, 2.75) is 31.2 Å². The van der Waals surface area contributed by atoms with Crippen molar-refractivity contribution in [1.82, 2.24) is 4.72 Å². The van der Waals surface area contributed by atoms with E-state index >= 15 is 0 Å². The summed E-state index contributed by atoms with van der Waals surface area (Å²) in [6, 6.07) is 7.13.